The molecule has 1 amide bonds. The fourth-order valence-electron chi connectivity index (χ4n) is 3.07. The topological polar surface area (TPSA) is 34.0 Å². The van der Waals surface area contributed by atoms with Crippen molar-refractivity contribution in [2.24, 2.45) is 0 Å². The molecule has 0 aliphatic heterocycles. The second-order valence-electron chi connectivity index (χ2n) is 5.96. The number of nitrogens with zero attached hydrogens (tertiary/aromatic N) is 1. The van der Waals surface area contributed by atoms with E-state index in [4.69, 9.17) is 0 Å². The number of carbonyl (C=O) groups is 1. The molecule has 0 radical (unpaired) electrons. The molecule has 0 fully saturated rings. The third kappa shape index (κ3) is 3.04. The summed E-state index contributed by atoms with van der Waals surface area (Å²) in [4.78, 5) is 12.8. The second-order valence-corrected chi connectivity index (χ2v) is 5.96. The van der Waals surface area contributed by atoms with E-state index in [1.165, 1.54) is 12.1 Å². The van der Waals surface area contributed by atoms with Crippen LogP contribution >= 0.6 is 0 Å². The fourth-order valence-corrected chi connectivity index (χ4v) is 3.07. The zero-order valence-corrected chi connectivity index (χ0v) is 14.0. The number of para-hydroxylation sites is 1. The molecule has 0 aliphatic rings. The molecule has 1 N–H and O–H groups in total. The van der Waals surface area contributed by atoms with Crippen LogP contribution in [0.25, 0.3) is 10.9 Å². The van der Waals surface area contributed by atoms with Crippen LogP contribution in [0.2, 0.25) is 0 Å². The number of nitrogens with one attached hydrogen (secondary N) is 1. The van der Waals surface area contributed by atoms with E-state index in [0.29, 0.717) is 11.4 Å². The van der Waals surface area contributed by atoms with Crippen LogP contribution in [0.15, 0.2) is 48.5 Å². The average Bonchev–Trinajstić information content (AvgIpc) is 2.85. The van der Waals surface area contributed by atoms with E-state index in [0.717, 1.165) is 35.9 Å². The van der Waals surface area contributed by atoms with Gasteiger partial charge in [0.05, 0.1) is 0 Å². The summed E-state index contributed by atoms with van der Waals surface area (Å²) in [5.74, 6) is -0.568. The van der Waals surface area contributed by atoms with Crippen molar-refractivity contribution in [3.8, 4) is 0 Å². The molecule has 24 heavy (non-hydrogen) atoms. The summed E-state index contributed by atoms with van der Waals surface area (Å²) in [5.41, 5.74) is 3.13. The Morgan fingerprint density at radius 1 is 1.17 bits per heavy atom. The summed E-state index contributed by atoms with van der Waals surface area (Å²) in [6.45, 7) is 4.88. The van der Waals surface area contributed by atoms with Gasteiger partial charge in [0.2, 0.25) is 0 Å². The highest BCUT2D eigenvalue weighted by Crippen LogP contribution is 2.27. The standard InChI is InChI=1S/C20H21FN2O/c1-3-4-12-23-18-11-6-5-10-17(18)14(2)19(23)20(24)22-16-9-7-8-15(21)13-16/h5-11,13H,3-4,12H2,1-2H3,(H,22,24). The van der Waals surface area contributed by atoms with Crippen molar-refractivity contribution in [3.63, 3.8) is 0 Å². The summed E-state index contributed by atoms with van der Waals surface area (Å²) < 4.78 is 15.4. The van der Waals surface area contributed by atoms with E-state index in [1.807, 2.05) is 31.2 Å². The van der Waals surface area contributed by atoms with Crippen LogP contribution < -0.4 is 5.32 Å². The third-order valence-corrected chi connectivity index (χ3v) is 4.26. The molecule has 3 nitrogen and oxygen atoms in total. The molecule has 0 bridgehead atoms. The lowest BCUT2D eigenvalue weighted by Gasteiger charge is -2.11. The van der Waals surface area contributed by atoms with Gasteiger partial charge in [0.1, 0.15) is 11.5 Å². The first-order chi connectivity index (χ1) is 11.6. The summed E-state index contributed by atoms with van der Waals surface area (Å²) in [6, 6.07) is 14.0. The molecule has 1 heterocycles. The average molecular weight is 324 g/mol. The van der Waals surface area contributed by atoms with Crippen LogP contribution in [0.3, 0.4) is 0 Å². The minimum Gasteiger partial charge on any atom is -0.336 e. The molecule has 0 unspecified atom stereocenters. The van der Waals surface area contributed by atoms with Crippen LogP contribution in [0.1, 0.15) is 35.8 Å². The van der Waals surface area contributed by atoms with E-state index in [-0.39, 0.29) is 11.7 Å². The molecule has 3 aromatic rings. The molecule has 2 aromatic carbocycles. The molecule has 0 spiro atoms. The number of hydrogen-bond acceptors (Lipinski definition) is 1. The number of aryl methyl sites for hydroxylation is 2. The predicted octanol–water partition coefficient (Wildman–Crippen LogP) is 5.14. The Morgan fingerprint density at radius 3 is 2.71 bits per heavy atom. The van der Waals surface area contributed by atoms with E-state index in [9.17, 15) is 9.18 Å². The first-order valence-electron chi connectivity index (χ1n) is 8.26. The first-order valence-corrected chi connectivity index (χ1v) is 8.26. The number of carbonyl (C=O) groups excluding carboxylic acids is 1. The number of anilines is 1. The highest BCUT2D eigenvalue weighted by Gasteiger charge is 2.20. The number of benzene rings is 2. The van der Waals surface area contributed by atoms with Gasteiger partial charge in [-0.1, -0.05) is 37.6 Å². The third-order valence-electron chi connectivity index (χ3n) is 4.26. The monoisotopic (exact) mass is 324 g/mol. The summed E-state index contributed by atoms with van der Waals surface area (Å²) in [6.07, 6.45) is 2.05. The van der Waals surface area contributed by atoms with E-state index in [1.54, 1.807) is 12.1 Å². The van der Waals surface area contributed by atoms with Crippen molar-refractivity contribution >= 4 is 22.5 Å². The summed E-state index contributed by atoms with van der Waals surface area (Å²) >= 11 is 0. The van der Waals surface area contributed by atoms with Gasteiger partial charge in [-0.05, 0) is 43.2 Å². The Kier molecular flexibility index (Phi) is 4.65. The van der Waals surface area contributed by atoms with Gasteiger partial charge in [-0.25, -0.2) is 4.39 Å². The highest BCUT2D eigenvalue weighted by atomic mass is 19.1. The number of unbranched alkanes of at least 4 members (excludes halogenated alkanes) is 1. The first kappa shape index (κ1) is 16.2. The number of rotatable bonds is 5. The number of halogens is 1. The van der Waals surface area contributed by atoms with Crippen LogP contribution in [0.4, 0.5) is 10.1 Å². The largest absolute Gasteiger partial charge is 0.336 e. The molecule has 0 aliphatic carbocycles. The zero-order chi connectivity index (χ0) is 17.1. The van der Waals surface area contributed by atoms with Crippen LogP contribution in [0, 0.1) is 12.7 Å². The Hall–Kier alpha value is -2.62. The summed E-state index contributed by atoms with van der Waals surface area (Å²) in [5, 5.41) is 3.90. The maximum atomic E-state index is 13.4. The molecule has 4 heteroatoms. The normalized spacial score (nSPS) is 11.0. The molecule has 0 saturated carbocycles. The van der Waals surface area contributed by atoms with Gasteiger partial charge in [0, 0.05) is 23.1 Å². The second kappa shape index (κ2) is 6.87. The zero-order valence-electron chi connectivity index (χ0n) is 14.0. The van der Waals surface area contributed by atoms with Gasteiger partial charge in [-0.15, -0.1) is 0 Å². The number of fused-ring (bicyclic) bond motifs is 1. The van der Waals surface area contributed by atoms with Gasteiger partial charge in [0.25, 0.3) is 5.91 Å². The number of aromatic nitrogens is 1. The van der Waals surface area contributed by atoms with Gasteiger partial charge < -0.3 is 9.88 Å². The van der Waals surface area contributed by atoms with E-state index < -0.39 is 0 Å². The number of amides is 1. The van der Waals surface area contributed by atoms with Gasteiger partial charge >= 0.3 is 0 Å². The minimum atomic E-state index is -0.365. The maximum absolute atomic E-state index is 13.4. The quantitative estimate of drug-likeness (QED) is 0.692. The molecule has 1 aromatic heterocycles. The van der Waals surface area contributed by atoms with Crippen LogP contribution in [0.5, 0.6) is 0 Å². The molecule has 0 saturated heterocycles. The van der Waals surface area contributed by atoms with E-state index in [2.05, 4.69) is 16.8 Å². The smallest absolute Gasteiger partial charge is 0.272 e. The van der Waals surface area contributed by atoms with Crippen molar-refractivity contribution < 1.29 is 9.18 Å². The van der Waals surface area contributed by atoms with Crippen molar-refractivity contribution in [2.75, 3.05) is 5.32 Å². The lowest BCUT2D eigenvalue weighted by Crippen LogP contribution is -2.18. The molecular formula is C20H21FN2O. The van der Waals surface area contributed by atoms with Crippen molar-refractivity contribution in [1.29, 1.82) is 0 Å². The van der Waals surface area contributed by atoms with Gasteiger partial charge in [0.15, 0.2) is 0 Å². The Balaban J connectivity index is 2.03. The highest BCUT2D eigenvalue weighted by molar-refractivity contribution is 6.08. The Bertz CT molecular complexity index is 882. The molecule has 124 valence electrons. The van der Waals surface area contributed by atoms with Crippen molar-refractivity contribution in [1.82, 2.24) is 4.57 Å². The minimum absolute atomic E-state index is 0.203. The Labute approximate surface area is 141 Å². The van der Waals surface area contributed by atoms with Gasteiger partial charge in [-0.2, -0.15) is 0 Å². The Morgan fingerprint density at radius 2 is 1.96 bits per heavy atom. The maximum Gasteiger partial charge on any atom is 0.272 e. The van der Waals surface area contributed by atoms with Crippen molar-refractivity contribution in [2.45, 2.75) is 33.2 Å². The van der Waals surface area contributed by atoms with Gasteiger partial charge in [-0.3, -0.25) is 4.79 Å². The fraction of sp³-hybridized carbons (Fsp3) is 0.250. The van der Waals surface area contributed by atoms with Crippen LogP contribution in [-0.2, 0) is 6.54 Å². The molecular weight excluding hydrogens is 303 g/mol. The lowest BCUT2D eigenvalue weighted by atomic mass is 10.1. The molecule has 0 atom stereocenters. The van der Waals surface area contributed by atoms with Crippen LogP contribution in [-0.4, -0.2) is 10.5 Å². The SMILES string of the molecule is CCCCn1c(C(=O)Nc2cccc(F)c2)c(C)c2ccccc21. The number of hydrogen-bond donors (Lipinski definition) is 1. The molecule has 3 rings (SSSR count). The van der Waals surface area contributed by atoms with Crippen molar-refractivity contribution in [3.05, 3.63) is 65.6 Å². The van der Waals surface area contributed by atoms with E-state index >= 15 is 0 Å². The predicted molar refractivity (Wildman–Crippen MR) is 95.9 cm³/mol. The lowest BCUT2D eigenvalue weighted by molar-refractivity contribution is 0.101. The summed E-state index contributed by atoms with van der Waals surface area (Å²) in [7, 11) is 0.